The molecule has 0 saturated carbocycles. The Morgan fingerprint density at radius 1 is 1.08 bits per heavy atom. The Morgan fingerprint density at radius 3 is 2.21 bits per heavy atom. The van der Waals surface area contributed by atoms with E-state index in [1.807, 2.05) is 19.0 Å². The topological polar surface area (TPSA) is 73.0 Å². The van der Waals surface area contributed by atoms with Gasteiger partial charge in [-0.15, -0.1) is 0 Å². The van der Waals surface area contributed by atoms with Gasteiger partial charge in [0.05, 0.1) is 0 Å². The number of hydrogen-bond acceptors (Lipinski definition) is 4. The molecular weight excluding hydrogens is 308 g/mol. The van der Waals surface area contributed by atoms with E-state index in [0.29, 0.717) is 43.9 Å². The summed E-state index contributed by atoms with van der Waals surface area (Å²) in [7, 11) is 3.89. The monoisotopic (exact) mass is 332 g/mol. The van der Waals surface area contributed by atoms with Gasteiger partial charge in [0.2, 0.25) is 6.41 Å². The molecule has 0 aliphatic carbocycles. The molecule has 1 aliphatic heterocycles. The zero-order valence-electron chi connectivity index (χ0n) is 14.2. The van der Waals surface area contributed by atoms with Crippen molar-refractivity contribution in [2.75, 3.05) is 53.4 Å². The molecule has 2 rings (SSSR count). The van der Waals surface area contributed by atoms with Crippen LogP contribution < -0.4 is 5.32 Å². The predicted octanol–water partition coefficient (Wildman–Crippen LogP) is -0.108. The largest absolute Gasteiger partial charge is 0.351 e. The Kier molecular flexibility index (Phi) is 6.31. The zero-order chi connectivity index (χ0) is 17.5. The maximum absolute atomic E-state index is 12.4. The number of rotatable bonds is 6. The molecule has 24 heavy (non-hydrogen) atoms. The van der Waals surface area contributed by atoms with Gasteiger partial charge in [-0.2, -0.15) is 0 Å². The summed E-state index contributed by atoms with van der Waals surface area (Å²) in [5.74, 6) is -0.212. The fraction of sp³-hybridized carbons (Fsp3) is 0.471. The van der Waals surface area contributed by atoms with Crippen LogP contribution in [0.5, 0.6) is 0 Å². The Balaban J connectivity index is 1.90. The highest BCUT2D eigenvalue weighted by Crippen LogP contribution is 2.10. The lowest BCUT2D eigenvalue weighted by molar-refractivity contribution is -0.119. The SMILES string of the molecule is CN(C)CCNC(=O)c1ccc(C(=O)N2CCN(C=O)CC2)cc1. The maximum atomic E-state index is 12.4. The summed E-state index contributed by atoms with van der Waals surface area (Å²) in [6, 6.07) is 6.68. The molecule has 0 radical (unpaired) electrons. The van der Waals surface area contributed by atoms with E-state index in [1.165, 1.54) is 0 Å². The molecule has 1 N–H and O–H groups in total. The first-order valence-corrected chi connectivity index (χ1v) is 8.03. The predicted molar refractivity (Wildman–Crippen MR) is 90.9 cm³/mol. The van der Waals surface area contributed by atoms with Crippen molar-refractivity contribution >= 4 is 18.2 Å². The van der Waals surface area contributed by atoms with Gasteiger partial charge >= 0.3 is 0 Å². The molecule has 7 nitrogen and oxygen atoms in total. The molecule has 130 valence electrons. The molecule has 0 bridgehead atoms. The van der Waals surface area contributed by atoms with Crippen LogP contribution in [0.4, 0.5) is 0 Å². The number of likely N-dealkylation sites (N-methyl/N-ethyl adjacent to an activating group) is 1. The van der Waals surface area contributed by atoms with Crippen LogP contribution in [0.2, 0.25) is 0 Å². The molecule has 0 spiro atoms. The van der Waals surface area contributed by atoms with Gasteiger partial charge in [-0.05, 0) is 38.4 Å². The third-order valence-electron chi connectivity index (χ3n) is 3.99. The smallest absolute Gasteiger partial charge is 0.253 e. The van der Waals surface area contributed by atoms with E-state index in [0.717, 1.165) is 13.0 Å². The molecule has 0 atom stereocenters. The van der Waals surface area contributed by atoms with Gasteiger partial charge < -0.3 is 20.0 Å². The van der Waals surface area contributed by atoms with E-state index in [4.69, 9.17) is 0 Å². The van der Waals surface area contributed by atoms with Crippen LogP contribution in [0, 0.1) is 0 Å². The van der Waals surface area contributed by atoms with E-state index in [1.54, 1.807) is 34.1 Å². The molecule has 7 heteroatoms. The number of nitrogens with zero attached hydrogens (tertiary/aromatic N) is 3. The minimum Gasteiger partial charge on any atom is -0.351 e. The van der Waals surface area contributed by atoms with Gasteiger partial charge in [0, 0.05) is 50.4 Å². The number of piperazine rings is 1. The molecule has 1 aliphatic rings. The first kappa shape index (κ1) is 17.9. The minimum atomic E-state index is -0.143. The number of nitrogens with one attached hydrogen (secondary N) is 1. The maximum Gasteiger partial charge on any atom is 0.253 e. The van der Waals surface area contributed by atoms with Gasteiger partial charge in [-0.1, -0.05) is 0 Å². The van der Waals surface area contributed by atoms with Crippen LogP contribution >= 0.6 is 0 Å². The summed E-state index contributed by atoms with van der Waals surface area (Å²) in [6.45, 7) is 3.53. The summed E-state index contributed by atoms with van der Waals surface area (Å²) in [5, 5.41) is 2.84. The highest BCUT2D eigenvalue weighted by Gasteiger charge is 2.21. The van der Waals surface area contributed by atoms with Gasteiger partial charge in [-0.25, -0.2) is 0 Å². The Hall–Kier alpha value is -2.41. The second-order valence-electron chi connectivity index (χ2n) is 6.07. The molecule has 1 heterocycles. The molecule has 1 aromatic carbocycles. The Bertz CT molecular complexity index is 578. The first-order valence-electron chi connectivity index (χ1n) is 8.03. The van der Waals surface area contributed by atoms with Crippen molar-refractivity contribution in [2.24, 2.45) is 0 Å². The van der Waals surface area contributed by atoms with Crippen molar-refractivity contribution in [3.05, 3.63) is 35.4 Å². The molecule has 0 aromatic heterocycles. The second kappa shape index (κ2) is 8.44. The molecule has 1 saturated heterocycles. The van der Waals surface area contributed by atoms with Crippen LogP contribution in [-0.4, -0.2) is 86.3 Å². The summed E-state index contributed by atoms with van der Waals surface area (Å²) in [6.07, 6.45) is 0.811. The number of benzene rings is 1. The standard InChI is InChI=1S/C17H24N4O3/c1-19(2)8-7-18-16(23)14-3-5-15(6-4-14)17(24)21-11-9-20(13-22)10-12-21/h3-6,13H,7-12H2,1-2H3,(H,18,23). The van der Waals surface area contributed by atoms with Crippen molar-refractivity contribution in [3.63, 3.8) is 0 Å². The quantitative estimate of drug-likeness (QED) is 0.738. The fourth-order valence-electron chi connectivity index (χ4n) is 2.47. The van der Waals surface area contributed by atoms with Gasteiger partial charge in [0.1, 0.15) is 0 Å². The minimum absolute atomic E-state index is 0.0693. The third kappa shape index (κ3) is 4.79. The van der Waals surface area contributed by atoms with Gasteiger partial charge in [0.15, 0.2) is 0 Å². The zero-order valence-corrected chi connectivity index (χ0v) is 14.2. The Labute approximate surface area is 142 Å². The molecule has 1 fully saturated rings. The third-order valence-corrected chi connectivity index (χ3v) is 3.99. The van der Waals surface area contributed by atoms with Crippen molar-refractivity contribution in [3.8, 4) is 0 Å². The Morgan fingerprint density at radius 2 is 1.67 bits per heavy atom. The van der Waals surface area contributed by atoms with E-state index in [2.05, 4.69) is 5.32 Å². The average Bonchev–Trinajstić information content (AvgIpc) is 2.61. The van der Waals surface area contributed by atoms with Gasteiger partial charge in [-0.3, -0.25) is 14.4 Å². The van der Waals surface area contributed by atoms with Crippen molar-refractivity contribution in [1.29, 1.82) is 0 Å². The summed E-state index contributed by atoms with van der Waals surface area (Å²) < 4.78 is 0. The number of amides is 3. The first-order chi connectivity index (χ1) is 11.5. The molecule has 3 amide bonds. The van der Waals surface area contributed by atoms with Crippen molar-refractivity contribution in [1.82, 2.24) is 20.0 Å². The second-order valence-corrected chi connectivity index (χ2v) is 6.07. The highest BCUT2D eigenvalue weighted by atomic mass is 16.2. The molecule has 1 aromatic rings. The lowest BCUT2D eigenvalue weighted by Gasteiger charge is -2.32. The van der Waals surface area contributed by atoms with Crippen LogP contribution in [0.25, 0.3) is 0 Å². The van der Waals surface area contributed by atoms with E-state index < -0.39 is 0 Å². The summed E-state index contributed by atoms with van der Waals surface area (Å²) >= 11 is 0. The van der Waals surface area contributed by atoms with Gasteiger partial charge in [0.25, 0.3) is 11.8 Å². The fourth-order valence-corrected chi connectivity index (χ4v) is 2.47. The normalized spacial score (nSPS) is 14.6. The number of carbonyl (C=O) groups excluding carboxylic acids is 3. The number of carbonyl (C=O) groups is 3. The lowest BCUT2D eigenvalue weighted by Crippen LogP contribution is -2.48. The van der Waals surface area contributed by atoms with Crippen LogP contribution in [0.15, 0.2) is 24.3 Å². The van der Waals surface area contributed by atoms with Crippen LogP contribution in [0.1, 0.15) is 20.7 Å². The van der Waals surface area contributed by atoms with Crippen molar-refractivity contribution in [2.45, 2.75) is 0 Å². The average molecular weight is 332 g/mol. The molecular formula is C17H24N4O3. The van der Waals surface area contributed by atoms with E-state index in [9.17, 15) is 14.4 Å². The van der Waals surface area contributed by atoms with Crippen LogP contribution in [-0.2, 0) is 4.79 Å². The van der Waals surface area contributed by atoms with Crippen molar-refractivity contribution < 1.29 is 14.4 Å². The summed E-state index contributed by atoms with van der Waals surface area (Å²) in [4.78, 5) is 40.5. The van der Waals surface area contributed by atoms with E-state index >= 15 is 0 Å². The highest BCUT2D eigenvalue weighted by molar-refractivity contribution is 5.97. The molecule has 0 unspecified atom stereocenters. The summed E-state index contributed by atoms with van der Waals surface area (Å²) in [5.41, 5.74) is 1.09. The number of hydrogen-bond donors (Lipinski definition) is 1. The lowest BCUT2D eigenvalue weighted by atomic mass is 10.1. The van der Waals surface area contributed by atoms with Crippen LogP contribution in [0.3, 0.4) is 0 Å². The van der Waals surface area contributed by atoms with E-state index in [-0.39, 0.29) is 11.8 Å².